The molecule has 70 valence electrons. The molecule has 0 unspecified atom stereocenters. The second-order valence-corrected chi connectivity index (χ2v) is 3.47. The van der Waals surface area contributed by atoms with Crippen LogP contribution < -0.4 is 10.5 Å². The topological polar surface area (TPSA) is 35.2 Å². The third-order valence-corrected chi connectivity index (χ3v) is 2.51. The summed E-state index contributed by atoms with van der Waals surface area (Å²) in [6.45, 7) is 3.65. The highest BCUT2D eigenvalue weighted by molar-refractivity contribution is 9.10. The fourth-order valence-electron chi connectivity index (χ4n) is 1.14. The van der Waals surface area contributed by atoms with Crippen LogP contribution in [0.2, 0.25) is 0 Å². The van der Waals surface area contributed by atoms with Gasteiger partial charge in [0.05, 0.1) is 13.2 Å². The molecule has 2 N–H and O–H groups in total. The predicted octanol–water partition coefficient (Wildman–Crippen LogP) is 2.64. The Balaban J connectivity index is 3.22. The van der Waals surface area contributed by atoms with E-state index in [1.807, 2.05) is 18.2 Å². The zero-order valence-electron chi connectivity index (χ0n) is 7.46. The first-order valence-corrected chi connectivity index (χ1v) is 4.70. The van der Waals surface area contributed by atoms with E-state index in [0.29, 0.717) is 0 Å². The van der Waals surface area contributed by atoms with Gasteiger partial charge in [0.2, 0.25) is 0 Å². The summed E-state index contributed by atoms with van der Waals surface area (Å²) in [5.74, 6) is 0.779. The van der Waals surface area contributed by atoms with Gasteiger partial charge in [0, 0.05) is 10.0 Å². The molecule has 0 heterocycles. The molecule has 3 heteroatoms. The average Bonchev–Trinajstić information content (AvgIpc) is 2.16. The lowest BCUT2D eigenvalue weighted by molar-refractivity contribution is 0.408. The molecule has 0 saturated carbocycles. The molecular formula is C10H12BrNO. The molecule has 1 aromatic carbocycles. The van der Waals surface area contributed by atoms with Crippen LogP contribution in [-0.4, -0.2) is 7.11 Å². The van der Waals surface area contributed by atoms with Gasteiger partial charge in [-0.3, -0.25) is 0 Å². The molecule has 0 amide bonds. The number of hydrogen-bond donors (Lipinski definition) is 1. The van der Waals surface area contributed by atoms with Gasteiger partial charge in [-0.05, 0) is 12.1 Å². The third-order valence-electron chi connectivity index (χ3n) is 1.82. The second kappa shape index (κ2) is 4.44. The van der Waals surface area contributed by atoms with Gasteiger partial charge in [-0.2, -0.15) is 0 Å². The van der Waals surface area contributed by atoms with Crippen molar-refractivity contribution in [2.24, 2.45) is 5.73 Å². The van der Waals surface area contributed by atoms with E-state index in [1.165, 1.54) is 0 Å². The van der Waals surface area contributed by atoms with Crippen LogP contribution in [0.4, 0.5) is 0 Å². The van der Waals surface area contributed by atoms with Gasteiger partial charge in [0.15, 0.2) is 0 Å². The lowest BCUT2D eigenvalue weighted by Crippen LogP contribution is -2.08. The van der Waals surface area contributed by atoms with E-state index in [1.54, 1.807) is 13.2 Å². The van der Waals surface area contributed by atoms with Gasteiger partial charge in [0.25, 0.3) is 0 Å². The lowest BCUT2D eigenvalue weighted by Gasteiger charge is -2.13. The molecule has 0 bridgehead atoms. The van der Waals surface area contributed by atoms with E-state index in [2.05, 4.69) is 22.5 Å². The number of hydrogen-bond acceptors (Lipinski definition) is 2. The zero-order valence-corrected chi connectivity index (χ0v) is 9.04. The molecule has 0 saturated heterocycles. The van der Waals surface area contributed by atoms with Gasteiger partial charge in [-0.15, -0.1) is 6.58 Å². The molecular weight excluding hydrogens is 230 g/mol. The standard InChI is InChI=1S/C10H12BrNO/c1-3-8(12)10-7(11)5-4-6-9(10)13-2/h3-6,8H,1,12H2,2H3/t8-/m1/s1. The highest BCUT2D eigenvalue weighted by Gasteiger charge is 2.11. The Bertz CT molecular complexity index is 312. The minimum absolute atomic E-state index is 0.203. The first-order chi connectivity index (χ1) is 6.20. The summed E-state index contributed by atoms with van der Waals surface area (Å²) in [5, 5.41) is 0. The zero-order chi connectivity index (χ0) is 9.84. The monoisotopic (exact) mass is 241 g/mol. The van der Waals surface area contributed by atoms with Crippen LogP contribution >= 0.6 is 15.9 Å². The van der Waals surface area contributed by atoms with Gasteiger partial charge in [-0.1, -0.05) is 28.1 Å². The van der Waals surface area contributed by atoms with E-state index in [-0.39, 0.29) is 6.04 Å². The largest absolute Gasteiger partial charge is 0.496 e. The summed E-state index contributed by atoms with van der Waals surface area (Å²) >= 11 is 3.42. The minimum atomic E-state index is -0.203. The van der Waals surface area contributed by atoms with Crippen LogP contribution in [0.25, 0.3) is 0 Å². The van der Waals surface area contributed by atoms with Crippen molar-refractivity contribution in [2.45, 2.75) is 6.04 Å². The number of rotatable bonds is 3. The number of benzene rings is 1. The Morgan fingerprint density at radius 3 is 2.85 bits per heavy atom. The molecule has 0 aliphatic heterocycles. The van der Waals surface area contributed by atoms with E-state index in [4.69, 9.17) is 10.5 Å². The van der Waals surface area contributed by atoms with Gasteiger partial charge >= 0.3 is 0 Å². The summed E-state index contributed by atoms with van der Waals surface area (Å²) in [6, 6.07) is 5.51. The molecule has 0 spiro atoms. The SMILES string of the molecule is C=C[C@@H](N)c1c(Br)cccc1OC. The van der Waals surface area contributed by atoms with Crippen molar-refractivity contribution >= 4 is 15.9 Å². The summed E-state index contributed by atoms with van der Waals surface area (Å²) in [4.78, 5) is 0. The average molecular weight is 242 g/mol. The molecule has 0 fully saturated rings. The predicted molar refractivity (Wildman–Crippen MR) is 57.8 cm³/mol. The van der Waals surface area contributed by atoms with Crippen LogP contribution in [0.1, 0.15) is 11.6 Å². The highest BCUT2D eigenvalue weighted by Crippen LogP contribution is 2.31. The number of halogens is 1. The maximum absolute atomic E-state index is 5.84. The van der Waals surface area contributed by atoms with Crippen LogP contribution in [0.5, 0.6) is 5.75 Å². The quantitative estimate of drug-likeness (QED) is 0.827. The normalized spacial score (nSPS) is 12.2. The molecule has 1 atom stereocenters. The van der Waals surface area contributed by atoms with Gasteiger partial charge in [0.1, 0.15) is 5.75 Å². The highest BCUT2D eigenvalue weighted by atomic mass is 79.9. The third kappa shape index (κ3) is 2.11. The Hall–Kier alpha value is -0.800. The van der Waals surface area contributed by atoms with E-state index >= 15 is 0 Å². The van der Waals surface area contributed by atoms with Crippen LogP contribution in [0.15, 0.2) is 35.3 Å². The Morgan fingerprint density at radius 2 is 2.31 bits per heavy atom. The van der Waals surface area contributed by atoms with Crippen LogP contribution in [0, 0.1) is 0 Å². The van der Waals surface area contributed by atoms with Crippen molar-refractivity contribution < 1.29 is 4.74 Å². The molecule has 1 aromatic rings. The van der Waals surface area contributed by atoms with Crippen molar-refractivity contribution in [3.05, 3.63) is 40.9 Å². The minimum Gasteiger partial charge on any atom is -0.496 e. The second-order valence-electron chi connectivity index (χ2n) is 2.62. The van der Waals surface area contributed by atoms with Gasteiger partial charge in [-0.25, -0.2) is 0 Å². The van der Waals surface area contributed by atoms with Crippen molar-refractivity contribution in [1.82, 2.24) is 0 Å². The number of nitrogens with two attached hydrogens (primary N) is 1. The smallest absolute Gasteiger partial charge is 0.125 e. The van der Waals surface area contributed by atoms with Crippen LogP contribution in [-0.2, 0) is 0 Å². The van der Waals surface area contributed by atoms with E-state index < -0.39 is 0 Å². The van der Waals surface area contributed by atoms with E-state index in [9.17, 15) is 0 Å². The fourth-order valence-corrected chi connectivity index (χ4v) is 1.75. The van der Waals surface area contributed by atoms with Crippen molar-refractivity contribution in [2.75, 3.05) is 7.11 Å². The maximum Gasteiger partial charge on any atom is 0.125 e. The van der Waals surface area contributed by atoms with Crippen molar-refractivity contribution in [1.29, 1.82) is 0 Å². The van der Waals surface area contributed by atoms with Crippen molar-refractivity contribution in [3.63, 3.8) is 0 Å². The maximum atomic E-state index is 5.84. The molecule has 0 aromatic heterocycles. The molecule has 2 nitrogen and oxygen atoms in total. The molecule has 0 radical (unpaired) electrons. The number of methoxy groups -OCH3 is 1. The Labute approximate surface area is 86.5 Å². The van der Waals surface area contributed by atoms with Gasteiger partial charge < -0.3 is 10.5 Å². The fraction of sp³-hybridized carbons (Fsp3) is 0.200. The molecule has 1 rings (SSSR count). The summed E-state index contributed by atoms with van der Waals surface area (Å²) < 4.78 is 6.14. The number of ether oxygens (including phenoxy) is 1. The molecule has 0 aliphatic carbocycles. The Morgan fingerprint density at radius 1 is 1.62 bits per heavy atom. The first-order valence-electron chi connectivity index (χ1n) is 3.91. The van der Waals surface area contributed by atoms with Crippen LogP contribution in [0.3, 0.4) is 0 Å². The summed E-state index contributed by atoms with van der Waals surface area (Å²) in [7, 11) is 1.63. The summed E-state index contributed by atoms with van der Waals surface area (Å²) in [5.41, 5.74) is 6.77. The van der Waals surface area contributed by atoms with Crippen molar-refractivity contribution in [3.8, 4) is 5.75 Å². The Kier molecular flexibility index (Phi) is 3.51. The lowest BCUT2D eigenvalue weighted by atomic mass is 10.1. The molecule has 0 aliphatic rings. The first kappa shape index (κ1) is 10.3. The summed E-state index contributed by atoms with van der Waals surface area (Å²) in [6.07, 6.45) is 1.68. The van der Waals surface area contributed by atoms with E-state index in [0.717, 1.165) is 15.8 Å². The molecule has 13 heavy (non-hydrogen) atoms.